The molecule has 0 aliphatic carbocycles. The highest BCUT2D eigenvalue weighted by Crippen LogP contribution is 2.39. The lowest BCUT2D eigenvalue weighted by molar-refractivity contribution is 0.589. The topological polar surface area (TPSA) is 15.3 Å². The van der Waals surface area contributed by atoms with Gasteiger partial charge >= 0.3 is 0 Å². The molecule has 2 heteroatoms. The number of nitrogens with one attached hydrogen (secondary N) is 1. The third-order valence-electron chi connectivity index (χ3n) is 9.41. The fourth-order valence-electron chi connectivity index (χ4n) is 6.29. The largest absolute Gasteiger partial charge is 0.355 e. The lowest BCUT2D eigenvalue weighted by atomic mass is 9.84. The molecular formula is C51H72N2. The molecule has 286 valence electrons. The Morgan fingerprint density at radius 3 is 1.51 bits per heavy atom. The molecule has 0 bridgehead atoms. The molecule has 0 amide bonds. The monoisotopic (exact) mass is 713 g/mol. The quantitative estimate of drug-likeness (QED) is 0.123. The molecule has 1 N–H and O–H groups in total. The highest BCUT2D eigenvalue weighted by atomic mass is 15.2. The number of hydrogen-bond donors (Lipinski definition) is 1. The summed E-state index contributed by atoms with van der Waals surface area (Å²) in [5, 5.41) is 3.69. The van der Waals surface area contributed by atoms with Crippen molar-refractivity contribution < 1.29 is 0 Å². The van der Waals surface area contributed by atoms with Crippen LogP contribution in [0.2, 0.25) is 0 Å². The van der Waals surface area contributed by atoms with Crippen molar-refractivity contribution in [3.8, 4) is 0 Å². The highest BCUT2D eigenvalue weighted by molar-refractivity contribution is 5.78. The molecule has 4 rings (SSSR count). The lowest BCUT2D eigenvalue weighted by Crippen LogP contribution is -2.19. The summed E-state index contributed by atoms with van der Waals surface area (Å²) in [5.74, 6) is 0. The van der Waals surface area contributed by atoms with Gasteiger partial charge in [-0.2, -0.15) is 0 Å². The number of rotatable bonds is 11. The summed E-state index contributed by atoms with van der Waals surface area (Å²) in [6, 6.07) is 28.3. The van der Waals surface area contributed by atoms with Gasteiger partial charge in [0, 0.05) is 22.8 Å². The van der Waals surface area contributed by atoms with Gasteiger partial charge in [0.15, 0.2) is 0 Å². The van der Waals surface area contributed by atoms with Crippen LogP contribution in [0.3, 0.4) is 0 Å². The fraction of sp³-hybridized carbons (Fsp3) is 0.412. The zero-order valence-corrected chi connectivity index (χ0v) is 36.0. The molecule has 2 nitrogen and oxygen atoms in total. The van der Waals surface area contributed by atoms with Crippen LogP contribution in [-0.2, 0) is 10.8 Å². The van der Waals surface area contributed by atoms with Crippen molar-refractivity contribution in [3.63, 3.8) is 0 Å². The Labute approximate surface area is 326 Å². The van der Waals surface area contributed by atoms with Crippen LogP contribution in [0.25, 0.3) is 0 Å². The van der Waals surface area contributed by atoms with Gasteiger partial charge < -0.3 is 10.2 Å². The average molecular weight is 713 g/mol. The molecule has 0 spiro atoms. The molecule has 0 aromatic heterocycles. The minimum Gasteiger partial charge on any atom is -0.355 e. The zero-order valence-electron chi connectivity index (χ0n) is 36.0. The van der Waals surface area contributed by atoms with Gasteiger partial charge in [-0.25, -0.2) is 0 Å². The number of benzene rings is 4. The Morgan fingerprint density at radius 2 is 1.13 bits per heavy atom. The van der Waals surface area contributed by atoms with Gasteiger partial charge in [-0.1, -0.05) is 166 Å². The van der Waals surface area contributed by atoms with E-state index in [1.807, 2.05) is 24.3 Å². The van der Waals surface area contributed by atoms with Crippen LogP contribution >= 0.6 is 0 Å². The van der Waals surface area contributed by atoms with E-state index in [-0.39, 0.29) is 10.8 Å². The van der Waals surface area contributed by atoms with E-state index in [9.17, 15) is 0 Å². The van der Waals surface area contributed by atoms with Gasteiger partial charge in [-0.3, -0.25) is 0 Å². The smallest absolute Gasteiger partial charge is 0.0520 e. The maximum absolute atomic E-state index is 4.00. The van der Waals surface area contributed by atoms with Gasteiger partial charge in [-0.15, -0.1) is 0 Å². The number of anilines is 4. The molecule has 0 atom stereocenters. The Balaban J connectivity index is 0.000000578. The number of allylic oxidation sites excluding steroid dienone is 4. The van der Waals surface area contributed by atoms with Crippen molar-refractivity contribution in [3.05, 3.63) is 154 Å². The summed E-state index contributed by atoms with van der Waals surface area (Å²) in [6.45, 7) is 35.1. The molecule has 4 aromatic rings. The van der Waals surface area contributed by atoms with E-state index in [1.165, 1.54) is 82.4 Å². The first-order chi connectivity index (χ1) is 25.0. The first-order valence-corrected chi connectivity index (χ1v) is 19.9. The number of nitrogens with zero attached hydrogens (tertiary/aromatic N) is 1. The third kappa shape index (κ3) is 14.2. The van der Waals surface area contributed by atoms with E-state index < -0.39 is 0 Å². The summed E-state index contributed by atoms with van der Waals surface area (Å²) in [5.41, 5.74) is 14.9. The minimum atomic E-state index is 0.0939. The molecule has 53 heavy (non-hydrogen) atoms. The van der Waals surface area contributed by atoms with E-state index >= 15 is 0 Å². The van der Waals surface area contributed by atoms with Crippen molar-refractivity contribution in [2.45, 2.75) is 140 Å². The van der Waals surface area contributed by atoms with Crippen LogP contribution in [0.5, 0.6) is 0 Å². The molecule has 4 aromatic carbocycles. The van der Waals surface area contributed by atoms with E-state index in [2.05, 4.69) is 193 Å². The van der Waals surface area contributed by atoms with Crippen molar-refractivity contribution in [2.24, 2.45) is 0 Å². The second kappa shape index (κ2) is 21.4. The summed E-state index contributed by atoms with van der Waals surface area (Å²) in [7, 11) is 0. The van der Waals surface area contributed by atoms with Crippen LogP contribution in [0.1, 0.15) is 133 Å². The molecule has 0 saturated heterocycles. The van der Waals surface area contributed by atoms with Gasteiger partial charge in [-0.05, 0) is 122 Å². The first kappa shape index (κ1) is 44.9. The molecule has 0 radical (unpaired) electrons. The SMILES string of the molecule is C=C/C=C(\C=C/C)N(c1ccc(Nc2c(C)cc(C(C)(C)C)cc2C)cc1)c1c(C)cc(C(C)(C)C)cc1C.CCCCCCC.Cc1ccccc1. The van der Waals surface area contributed by atoms with Crippen molar-refractivity contribution in [2.75, 3.05) is 10.2 Å². The predicted octanol–water partition coefficient (Wildman–Crippen LogP) is 16.0. The summed E-state index contributed by atoms with van der Waals surface area (Å²) < 4.78 is 0. The van der Waals surface area contributed by atoms with E-state index in [0.717, 1.165) is 17.1 Å². The number of aryl methyl sites for hydroxylation is 5. The van der Waals surface area contributed by atoms with Gasteiger partial charge in [0.05, 0.1) is 5.69 Å². The zero-order chi connectivity index (χ0) is 39.8. The minimum absolute atomic E-state index is 0.0939. The van der Waals surface area contributed by atoms with Crippen LogP contribution < -0.4 is 10.2 Å². The molecule has 0 saturated carbocycles. The Kier molecular flexibility index (Phi) is 18.1. The summed E-state index contributed by atoms with van der Waals surface area (Å²) >= 11 is 0. The molecule has 0 heterocycles. The van der Waals surface area contributed by atoms with Gasteiger partial charge in [0.2, 0.25) is 0 Å². The van der Waals surface area contributed by atoms with Gasteiger partial charge in [0.25, 0.3) is 0 Å². The Morgan fingerprint density at radius 1 is 0.660 bits per heavy atom. The maximum Gasteiger partial charge on any atom is 0.0520 e. The maximum atomic E-state index is 4.00. The second-order valence-corrected chi connectivity index (χ2v) is 16.5. The van der Waals surface area contributed by atoms with Gasteiger partial charge in [0.1, 0.15) is 0 Å². The highest BCUT2D eigenvalue weighted by Gasteiger charge is 2.22. The standard InChI is InChI=1S/C37H48N2.C7H8.C7H16/c1-13-15-32(16-14-2)39(35-27(5)23-30(24-28(35)6)37(10,11)12)33-19-17-31(18-20-33)38-34-25(3)21-29(22-26(34)4)36(7,8)9;1-7-5-3-2-4-6-7;1-3-5-7-6-4-2/h13-24,38H,1H2,2-12H3;2-6H,1H3;3-7H2,1-2H3/b16-14-,32-15+;;. The molecule has 0 aliphatic rings. The number of unbranched alkanes of at least 4 members (excludes halogenated alkanes) is 4. The Hall–Kier alpha value is -4.30. The lowest BCUT2D eigenvalue weighted by Gasteiger charge is -2.31. The van der Waals surface area contributed by atoms with Crippen molar-refractivity contribution in [1.82, 2.24) is 0 Å². The second-order valence-electron chi connectivity index (χ2n) is 16.5. The average Bonchev–Trinajstić information content (AvgIpc) is 3.08. The first-order valence-electron chi connectivity index (χ1n) is 19.9. The molecular weight excluding hydrogens is 641 g/mol. The summed E-state index contributed by atoms with van der Waals surface area (Å²) in [6.07, 6.45) is 15.2. The molecule has 0 unspecified atom stereocenters. The van der Waals surface area contributed by atoms with Crippen molar-refractivity contribution in [1.29, 1.82) is 0 Å². The van der Waals surface area contributed by atoms with Crippen LogP contribution in [0, 0.1) is 34.6 Å². The normalized spacial score (nSPS) is 11.7. The predicted molar refractivity (Wildman–Crippen MR) is 240 cm³/mol. The van der Waals surface area contributed by atoms with Crippen LogP contribution in [0.4, 0.5) is 22.7 Å². The Bertz CT molecular complexity index is 1710. The van der Waals surface area contributed by atoms with E-state index in [0.29, 0.717) is 0 Å². The van der Waals surface area contributed by atoms with Crippen molar-refractivity contribution >= 4 is 22.7 Å². The third-order valence-corrected chi connectivity index (χ3v) is 9.41. The van der Waals surface area contributed by atoms with E-state index in [1.54, 1.807) is 0 Å². The van der Waals surface area contributed by atoms with E-state index in [4.69, 9.17) is 0 Å². The van der Waals surface area contributed by atoms with Crippen LogP contribution in [-0.4, -0.2) is 0 Å². The van der Waals surface area contributed by atoms with Crippen LogP contribution in [0.15, 0.2) is 115 Å². The molecule has 0 aliphatic heterocycles. The molecule has 0 fully saturated rings. The summed E-state index contributed by atoms with van der Waals surface area (Å²) in [4.78, 5) is 2.34. The fourth-order valence-corrected chi connectivity index (χ4v) is 6.29. The number of hydrogen-bond acceptors (Lipinski definition) is 2.